The van der Waals surface area contributed by atoms with Gasteiger partial charge in [0.2, 0.25) is 5.91 Å². The molecule has 0 spiro atoms. The van der Waals surface area contributed by atoms with Crippen LogP contribution >= 0.6 is 0 Å². The molecule has 2 aromatic carbocycles. The van der Waals surface area contributed by atoms with Crippen LogP contribution in [0, 0.1) is 0 Å². The minimum absolute atomic E-state index is 0.0679. The van der Waals surface area contributed by atoms with Crippen molar-refractivity contribution in [3.8, 4) is 5.75 Å². The van der Waals surface area contributed by atoms with Gasteiger partial charge in [-0.25, -0.2) is 8.42 Å². The second-order valence-corrected chi connectivity index (χ2v) is 6.54. The van der Waals surface area contributed by atoms with Gasteiger partial charge in [0.15, 0.2) is 0 Å². The van der Waals surface area contributed by atoms with Gasteiger partial charge in [-0.15, -0.1) is 0 Å². The highest BCUT2D eigenvalue weighted by molar-refractivity contribution is 7.92. The lowest BCUT2D eigenvalue weighted by atomic mass is 10.2. The number of carbonyl (C=O) groups is 1. The Morgan fingerprint density at radius 1 is 1.17 bits per heavy atom. The van der Waals surface area contributed by atoms with Crippen LogP contribution in [0.2, 0.25) is 0 Å². The standard InChI is InChI=1S/C16H18N2O4S/c1-3-11-4-9-14(22-2)15(10-11)23(20,21)18-13-7-5-12(6-8-13)16(17)19/h4-10,18H,3H2,1-2H3,(H2,17,19). The Hall–Kier alpha value is -2.54. The van der Waals surface area contributed by atoms with Crippen molar-refractivity contribution in [2.75, 3.05) is 11.8 Å². The molecule has 0 heterocycles. The first-order chi connectivity index (χ1) is 10.9. The molecule has 0 aliphatic rings. The van der Waals surface area contributed by atoms with E-state index in [1.54, 1.807) is 12.1 Å². The van der Waals surface area contributed by atoms with E-state index in [2.05, 4.69) is 4.72 Å². The summed E-state index contributed by atoms with van der Waals surface area (Å²) < 4.78 is 32.8. The summed E-state index contributed by atoms with van der Waals surface area (Å²) >= 11 is 0. The van der Waals surface area contributed by atoms with E-state index in [4.69, 9.17) is 10.5 Å². The summed E-state index contributed by atoms with van der Waals surface area (Å²) in [4.78, 5) is 11.1. The van der Waals surface area contributed by atoms with Crippen molar-refractivity contribution in [2.24, 2.45) is 5.73 Å². The summed E-state index contributed by atoms with van der Waals surface area (Å²) in [6.07, 6.45) is 0.708. The maximum Gasteiger partial charge on any atom is 0.265 e. The van der Waals surface area contributed by atoms with Gasteiger partial charge in [-0.2, -0.15) is 0 Å². The molecule has 6 nitrogen and oxygen atoms in total. The van der Waals surface area contributed by atoms with E-state index in [0.717, 1.165) is 5.56 Å². The number of nitrogens with one attached hydrogen (secondary N) is 1. The number of amides is 1. The van der Waals surface area contributed by atoms with Crippen LogP contribution in [-0.2, 0) is 16.4 Å². The fourth-order valence-corrected chi connectivity index (χ4v) is 3.34. The second-order valence-electron chi connectivity index (χ2n) is 4.89. The zero-order chi connectivity index (χ0) is 17.0. The van der Waals surface area contributed by atoms with Crippen molar-refractivity contribution in [1.82, 2.24) is 0 Å². The molecular weight excluding hydrogens is 316 g/mol. The Balaban J connectivity index is 2.36. The lowest BCUT2D eigenvalue weighted by molar-refractivity contribution is 0.100. The number of sulfonamides is 1. The Morgan fingerprint density at radius 2 is 1.83 bits per heavy atom. The van der Waals surface area contributed by atoms with Crippen molar-refractivity contribution in [1.29, 1.82) is 0 Å². The maximum atomic E-state index is 12.6. The summed E-state index contributed by atoms with van der Waals surface area (Å²) in [5, 5.41) is 0. The predicted octanol–water partition coefficient (Wildman–Crippen LogP) is 2.16. The highest BCUT2D eigenvalue weighted by Gasteiger charge is 2.20. The number of ether oxygens (including phenoxy) is 1. The van der Waals surface area contributed by atoms with Crippen molar-refractivity contribution in [3.05, 3.63) is 53.6 Å². The molecular formula is C16H18N2O4S. The molecule has 0 unspecified atom stereocenters. The average molecular weight is 334 g/mol. The van der Waals surface area contributed by atoms with Gasteiger partial charge < -0.3 is 10.5 Å². The highest BCUT2D eigenvalue weighted by atomic mass is 32.2. The predicted molar refractivity (Wildman–Crippen MR) is 88.1 cm³/mol. The molecule has 0 aliphatic heterocycles. The molecule has 7 heteroatoms. The number of benzene rings is 2. The lowest BCUT2D eigenvalue weighted by Gasteiger charge is -2.13. The Morgan fingerprint density at radius 3 is 2.35 bits per heavy atom. The van der Waals surface area contributed by atoms with Gasteiger partial charge in [-0.05, 0) is 48.4 Å². The minimum atomic E-state index is -3.81. The van der Waals surface area contributed by atoms with Gasteiger partial charge in [0.25, 0.3) is 10.0 Å². The van der Waals surface area contributed by atoms with E-state index < -0.39 is 15.9 Å². The second kappa shape index (κ2) is 6.70. The fraction of sp³-hybridized carbons (Fsp3) is 0.188. The monoisotopic (exact) mass is 334 g/mol. The number of nitrogens with two attached hydrogens (primary N) is 1. The molecule has 0 aliphatic carbocycles. The van der Waals surface area contributed by atoms with E-state index in [1.807, 2.05) is 13.0 Å². The summed E-state index contributed by atoms with van der Waals surface area (Å²) in [5.74, 6) is -0.305. The molecule has 3 N–H and O–H groups in total. The minimum Gasteiger partial charge on any atom is -0.495 e. The summed E-state index contributed by atoms with van der Waals surface area (Å²) in [7, 11) is -2.39. The molecule has 0 saturated heterocycles. The number of primary amides is 1. The smallest absolute Gasteiger partial charge is 0.265 e. The van der Waals surface area contributed by atoms with Crippen LogP contribution < -0.4 is 15.2 Å². The first kappa shape index (κ1) is 16.8. The summed E-state index contributed by atoms with van der Waals surface area (Å²) in [6.45, 7) is 1.94. The molecule has 0 bridgehead atoms. The van der Waals surface area contributed by atoms with Gasteiger partial charge in [0.05, 0.1) is 7.11 Å². The van der Waals surface area contributed by atoms with Gasteiger partial charge in [0, 0.05) is 11.3 Å². The molecule has 2 rings (SSSR count). The summed E-state index contributed by atoms with van der Waals surface area (Å²) in [6, 6.07) is 10.9. The highest BCUT2D eigenvalue weighted by Crippen LogP contribution is 2.27. The van der Waals surface area contributed by atoms with E-state index in [-0.39, 0.29) is 10.6 Å². The van der Waals surface area contributed by atoms with Crippen molar-refractivity contribution < 1.29 is 17.9 Å². The molecule has 0 aromatic heterocycles. The van der Waals surface area contributed by atoms with Crippen molar-refractivity contribution in [3.63, 3.8) is 0 Å². The van der Waals surface area contributed by atoms with Crippen LogP contribution in [0.1, 0.15) is 22.8 Å². The third kappa shape index (κ3) is 3.81. The lowest BCUT2D eigenvalue weighted by Crippen LogP contribution is -2.15. The third-order valence-electron chi connectivity index (χ3n) is 3.35. The van der Waals surface area contributed by atoms with Crippen molar-refractivity contribution >= 4 is 21.6 Å². The summed E-state index contributed by atoms with van der Waals surface area (Å²) in [5.41, 5.74) is 6.68. The van der Waals surface area contributed by atoms with E-state index >= 15 is 0 Å². The van der Waals surface area contributed by atoms with Crippen molar-refractivity contribution in [2.45, 2.75) is 18.2 Å². The average Bonchev–Trinajstić information content (AvgIpc) is 2.54. The first-order valence-electron chi connectivity index (χ1n) is 6.97. The molecule has 0 fully saturated rings. The Bertz CT molecular complexity index is 814. The van der Waals surface area contributed by atoms with Crippen LogP contribution in [0.15, 0.2) is 47.4 Å². The normalized spacial score (nSPS) is 11.0. The number of aryl methyl sites for hydroxylation is 1. The molecule has 0 saturated carbocycles. The molecule has 2 aromatic rings. The van der Waals surface area contributed by atoms with Crippen LogP contribution in [0.25, 0.3) is 0 Å². The van der Waals surface area contributed by atoms with Crippen LogP contribution in [0.5, 0.6) is 5.75 Å². The first-order valence-corrected chi connectivity index (χ1v) is 8.45. The third-order valence-corrected chi connectivity index (χ3v) is 4.75. The topological polar surface area (TPSA) is 98.5 Å². The Labute approximate surface area is 135 Å². The number of hydrogen-bond acceptors (Lipinski definition) is 4. The largest absolute Gasteiger partial charge is 0.495 e. The SMILES string of the molecule is CCc1ccc(OC)c(S(=O)(=O)Nc2ccc(C(N)=O)cc2)c1. The molecule has 1 amide bonds. The number of hydrogen-bond donors (Lipinski definition) is 2. The number of rotatable bonds is 6. The maximum absolute atomic E-state index is 12.6. The van der Waals surface area contributed by atoms with E-state index in [9.17, 15) is 13.2 Å². The van der Waals surface area contributed by atoms with Crippen LogP contribution in [-0.4, -0.2) is 21.4 Å². The van der Waals surface area contributed by atoms with Gasteiger partial charge >= 0.3 is 0 Å². The van der Waals surface area contributed by atoms with Gasteiger partial charge in [0.1, 0.15) is 10.6 Å². The van der Waals surface area contributed by atoms with E-state index in [0.29, 0.717) is 17.7 Å². The molecule has 0 radical (unpaired) electrons. The zero-order valence-corrected chi connectivity index (χ0v) is 13.7. The number of anilines is 1. The fourth-order valence-electron chi connectivity index (χ4n) is 2.06. The number of carbonyl (C=O) groups excluding carboxylic acids is 1. The molecule has 0 atom stereocenters. The van der Waals surface area contributed by atoms with Gasteiger partial charge in [-0.3, -0.25) is 9.52 Å². The van der Waals surface area contributed by atoms with Gasteiger partial charge in [-0.1, -0.05) is 13.0 Å². The quantitative estimate of drug-likeness (QED) is 0.845. The molecule has 23 heavy (non-hydrogen) atoms. The van der Waals surface area contributed by atoms with E-state index in [1.165, 1.54) is 31.4 Å². The van der Waals surface area contributed by atoms with Crippen LogP contribution in [0.3, 0.4) is 0 Å². The molecule has 122 valence electrons. The van der Waals surface area contributed by atoms with Crippen LogP contribution in [0.4, 0.5) is 5.69 Å². The number of methoxy groups -OCH3 is 1. The zero-order valence-electron chi connectivity index (χ0n) is 12.9. The Kier molecular flexibility index (Phi) is 4.90.